The average Bonchev–Trinajstić information content (AvgIpc) is 3.27. The number of fused-ring (bicyclic) bond motifs is 2. The van der Waals surface area contributed by atoms with E-state index in [0.717, 1.165) is 0 Å². The van der Waals surface area contributed by atoms with E-state index >= 15 is 0 Å². The zero-order chi connectivity index (χ0) is 24.0. The highest BCUT2D eigenvalue weighted by atomic mass is 16.7. The van der Waals surface area contributed by atoms with Gasteiger partial charge in [-0.3, -0.25) is 0 Å². The summed E-state index contributed by atoms with van der Waals surface area (Å²) in [5.41, 5.74) is 1.71. The Hall–Kier alpha value is -3.64. The van der Waals surface area contributed by atoms with E-state index < -0.39 is 37.1 Å². The molecule has 2 heterocycles. The molecular formula is C24H18O10. The largest absolute Gasteiger partial charge is 0.423 e. The summed E-state index contributed by atoms with van der Waals surface area (Å²) in [7, 11) is 0. The van der Waals surface area contributed by atoms with Crippen molar-refractivity contribution < 1.29 is 49.0 Å². The van der Waals surface area contributed by atoms with Crippen molar-refractivity contribution in [3.8, 4) is 11.5 Å². The van der Waals surface area contributed by atoms with E-state index in [1.807, 2.05) is 0 Å². The molecule has 4 unspecified atom stereocenters. The maximum absolute atomic E-state index is 12.5. The van der Waals surface area contributed by atoms with Gasteiger partial charge in [0, 0.05) is 22.3 Å². The highest BCUT2D eigenvalue weighted by Gasteiger charge is 2.30. The van der Waals surface area contributed by atoms with Crippen LogP contribution in [0.5, 0.6) is 11.5 Å². The van der Waals surface area contributed by atoms with Crippen LogP contribution in [0.2, 0.25) is 0 Å². The van der Waals surface area contributed by atoms with Crippen molar-refractivity contribution >= 4 is 11.9 Å². The molecule has 0 saturated heterocycles. The van der Waals surface area contributed by atoms with Crippen LogP contribution in [0, 0.1) is 0 Å². The van der Waals surface area contributed by atoms with Crippen molar-refractivity contribution in [2.75, 3.05) is 0 Å². The van der Waals surface area contributed by atoms with Crippen LogP contribution in [-0.2, 0) is 9.47 Å². The van der Waals surface area contributed by atoms with Crippen molar-refractivity contribution in [1.29, 1.82) is 0 Å². The lowest BCUT2D eigenvalue weighted by atomic mass is 10.1. The lowest BCUT2D eigenvalue weighted by molar-refractivity contribution is -0.194. The first-order chi connectivity index (χ1) is 16.3. The molecule has 0 fully saturated rings. The van der Waals surface area contributed by atoms with E-state index in [1.54, 1.807) is 0 Å². The number of carbonyl (C=O) groups is 2. The number of benzene rings is 3. The van der Waals surface area contributed by atoms with Gasteiger partial charge in [-0.2, -0.15) is 0 Å². The van der Waals surface area contributed by atoms with E-state index in [1.165, 1.54) is 60.7 Å². The fourth-order valence-corrected chi connectivity index (χ4v) is 3.72. The summed E-state index contributed by atoms with van der Waals surface area (Å²) in [6.45, 7) is 0. The van der Waals surface area contributed by atoms with E-state index in [4.69, 9.17) is 18.9 Å². The van der Waals surface area contributed by atoms with E-state index in [0.29, 0.717) is 22.3 Å². The second kappa shape index (κ2) is 8.61. The number of rotatable bonds is 4. The lowest BCUT2D eigenvalue weighted by Crippen LogP contribution is -2.11. The third-order valence-electron chi connectivity index (χ3n) is 5.47. The first-order valence-corrected chi connectivity index (χ1v) is 10.2. The average molecular weight is 466 g/mol. The molecule has 0 aromatic heterocycles. The molecule has 5 rings (SSSR count). The van der Waals surface area contributed by atoms with Gasteiger partial charge < -0.3 is 39.4 Å². The summed E-state index contributed by atoms with van der Waals surface area (Å²) in [6.07, 6.45) is -5.13. The molecule has 4 atom stereocenters. The summed E-state index contributed by atoms with van der Waals surface area (Å²) >= 11 is 0. The Bertz CT molecular complexity index is 1170. The minimum Gasteiger partial charge on any atom is -0.423 e. The molecule has 0 saturated carbocycles. The van der Waals surface area contributed by atoms with Gasteiger partial charge in [-0.15, -0.1) is 0 Å². The quantitative estimate of drug-likeness (QED) is 0.332. The second-order valence-electron chi connectivity index (χ2n) is 7.62. The molecule has 0 amide bonds. The molecule has 10 nitrogen and oxygen atoms in total. The van der Waals surface area contributed by atoms with Crippen LogP contribution in [0.4, 0.5) is 0 Å². The smallest absolute Gasteiger partial charge is 0.343 e. The molecule has 2 aliphatic rings. The SMILES string of the molecule is O=C(Oc1ccc2c(c1)C(O)OC2O)c1ccc(C(=O)Oc2ccc3c(c2)C(O)OC3O)cc1. The van der Waals surface area contributed by atoms with Crippen LogP contribution in [-0.4, -0.2) is 32.4 Å². The number of hydrogen-bond donors (Lipinski definition) is 4. The monoisotopic (exact) mass is 466 g/mol. The first kappa shape index (κ1) is 22.2. The zero-order valence-corrected chi connectivity index (χ0v) is 17.3. The molecule has 0 bridgehead atoms. The maximum atomic E-state index is 12.5. The number of esters is 2. The molecular weight excluding hydrogens is 448 g/mol. The van der Waals surface area contributed by atoms with Crippen molar-refractivity contribution in [3.63, 3.8) is 0 Å². The number of aliphatic hydroxyl groups is 4. The van der Waals surface area contributed by atoms with Crippen molar-refractivity contribution in [3.05, 3.63) is 94.0 Å². The highest BCUT2D eigenvalue weighted by molar-refractivity contribution is 5.94. The molecule has 3 aromatic rings. The van der Waals surface area contributed by atoms with Crippen LogP contribution in [0.15, 0.2) is 60.7 Å². The standard InChI is InChI=1S/C24H18O10/c25-19(31-13-5-7-15-17(9-13)23(29)33-21(15)27)11-1-2-12(4-3-11)20(26)32-14-6-8-16-18(10-14)24(30)34-22(16)28/h1-10,21-24,27-30H. The zero-order valence-electron chi connectivity index (χ0n) is 17.3. The van der Waals surface area contributed by atoms with E-state index in [-0.39, 0.29) is 22.6 Å². The minimum atomic E-state index is -1.32. The lowest BCUT2D eigenvalue weighted by Gasteiger charge is -2.09. The highest BCUT2D eigenvalue weighted by Crippen LogP contribution is 2.39. The Labute approximate surface area is 192 Å². The van der Waals surface area contributed by atoms with Gasteiger partial charge in [0.1, 0.15) is 11.5 Å². The Kier molecular flexibility index (Phi) is 5.62. The molecule has 2 aliphatic heterocycles. The van der Waals surface area contributed by atoms with Crippen LogP contribution in [0.25, 0.3) is 0 Å². The molecule has 34 heavy (non-hydrogen) atoms. The number of hydrogen-bond acceptors (Lipinski definition) is 10. The van der Waals surface area contributed by atoms with Gasteiger partial charge in [0.2, 0.25) is 0 Å². The van der Waals surface area contributed by atoms with Crippen molar-refractivity contribution in [2.45, 2.75) is 25.2 Å². The van der Waals surface area contributed by atoms with Gasteiger partial charge in [-0.1, -0.05) is 0 Å². The number of carbonyl (C=O) groups excluding carboxylic acids is 2. The Morgan fingerprint density at radius 1 is 0.559 bits per heavy atom. The summed E-state index contributed by atoms with van der Waals surface area (Å²) in [6, 6.07) is 14.3. The molecule has 0 aliphatic carbocycles. The van der Waals surface area contributed by atoms with E-state index in [9.17, 15) is 30.0 Å². The third-order valence-corrected chi connectivity index (χ3v) is 5.47. The van der Waals surface area contributed by atoms with Gasteiger partial charge in [-0.25, -0.2) is 9.59 Å². The fraction of sp³-hybridized carbons (Fsp3) is 0.167. The third kappa shape index (κ3) is 4.05. The van der Waals surface area contributed by atoms with Gasteiger partial charge in [-0.05, 0) is 60.7 Å². The summed E-state index contributed by atoms with van der Waals surface area (Å²) in [5.74, 6) is -1.09. The summed E-state index contributed by atoms with van der Waals surface area (Å²) < 4.78 is 20.4. The normalized spacial score (nSPS) is 22.7. The molecule has 0 radical (unpaired) electrons. The van der Waals surface area contributed by atoms with Gasteiger partial charge in [0.25, 0.3) is 0 Å². The molecule has 0 spiro atoms. The van der Waals surface area contributed by atoms with Crippen LogP contribution in [0.1, 0.15) is 68.1 Å². The van der Waals surface area contributed by atoms with Crippen molar-refractivity contribution in [2.24, 2.45) is 0 Å². The fourth-order valence-electron chi connectivity index (χ4n) is 3.72. The number of ether oxygens (including phenoxy) is 4. The van der Waals surface area contributed by atoms with Crippen LogP contribution in [0.3, 0.4) is 0 Å². The minimum absolute atomic E-state index is 0.150. The first-order valence-electron chi connectivity index (χ1n) is 10.2. The van der Waals surface area contributed by atoms with Crippen LogP contribution >= 0.6 is 0 Å². The summed E-state index contributed by atoms with van der Waals surface area (Å²) in [4.78, 5) is 24.9. The van der Waals surface area contributed by atoms with Crippen molar-refractivity contribution in [1.82, 2.24) is 0 Å². The Morgan fingerprint density at radius 3 is 1.29 bits per heavy atom. The Balaban J connectivity index is 1.25. The molecule has 3 aromatic carbocycles. The van der Waals surface area contributed by atoms with Gasteiger partial charge >= 0.3 is 11.9 Å². The summed E-state index contributed by atoms with van der Waals surface area (Å²) in [5, 5.41) is 38.9. The number of aliphatic hydroxyl groups excluding tert-OH is 4. The second-order valence-corrected chi connectivity index (χ2v) is 7.62. The molecule has 4 N–H and O–H groups in total. The maximum Gasteiger partial charge on any atom is 0.343 e. The Morgan fingerprint density at radius 2 is 0.912 bits per heavy atom. The van der Waals surface area contributed by atoms with Gasteiger partial charge in [0.05, 0.1) is 11.1 Å². The topological polar surface area (TPSA) is 152 Å². The predicted octanol–water partition coefficient (Wildman–Crippen LogP) is 2.15. The molecule has 10 heteroatoms. The van der Waals surface area contributed by atoms with Crippen LogP contribution < -0.4 is 9.47 Å². The molecule has 174 valence electrons. The van der Waals surface area contributed by atoms with E-state index in [2.05, 4.69) is 0 Å². The van der Waals surface area contributed by atoms with Gasteiger partial charge in [0.15, 0.2) is 25.2 Å². The predicted molar refractivity (Wildman–Crippen MR) is 111 cm³/mol.